The van der Waals surface area contributed by atoms with Gasteiger partial charge in [-0.15, -0.1) is 6.58 Å². The first-order valence-corrected chi connectivity index (χ1v) is 16.5. The van der Waals surface area contributed by atoms with Crippen LogP contribution in [0.25, 0.3) is 0 Å². The number of rotatable bonds is 14. The summed E-state index contributed by atoms with van der Waals surface area (Å²) in [7, 11) is 0. The van der Waals surface area contributed by atoms with E-state index in [4.69, 9.17) is 4.74 Å². The van der Waals surface area contributed by atoms with Gasteiger partial charge in [0.15, 0.2) is 11.6 Å². The first kappa shape index (κ1) is 32.4. The van der Waals surface area contributed by atoms with Gasteiger partial charge >= 0.3 is 6.09 Å². The number of nitrogens with zero attached hydrogens (tertiary/aromatic N) is 1. The van der Waals surface area contributed by atoms with E-state index in [9.17, 15) is 24.0 Å². The number of alkyl carbamates (subject to hydrolysis) is 1. The average Bonchev–Trinajstić information content (AvgIpc) is 3.30. The number of fused-ring (bicyclic) bond motifs is 1. The zero-order valence-corrected chi connectivity index (χ0v) is 26.2. The van der Waals surface area contributed by atoms with Gasteiger partial charge < -0.3 is 15.0 Å². The number of amides is 2. The molecule has 7 atom stereocenters. The standard InChI is InChI=1S/C34H52N2O6/c1-6-8-17-25(37)31(39)23(13-7-2)19-26(38)30-28-24(34(28,4)5)20-36(30)32(40)29(22-15-10-9-11-16-22)35-33(41)42-27-18-12-14-21(27)3/h6,21-24,27-30H,1,7-20H2,2-5H3,(H,35,41)/t21?,23?,24-,27?,28-,29-,30+/m0/s1. The highest BCUT2D eigenvalue weighted by Gasteiger charge is 2.69. The minimum Gasteiger partial charge on any atom is -0.446 e. The van der Waals surface area contributed by atoms with E-state index in [1.54, 1.807) is 11.0 Å². The largest absolute Gasteiger partial charge is 0.446 e. The molecule has 42 heavy (non-hydrogen) atoms. The number of allylic oxidation sites excluding steroid dienone is 1. The Morgan fingerprint density at radius 3 is 2.38 bits per heavy atom. The summed E-state index contributed by atoms with van der Waals surface area (Å²) in [6.07, 6.45) is 10.3. The molecule has 8 nitrogen and oxygen atoms in total. The minimum atomic E-state index is -0.737. The lowest BCUT2D eigenvalue weighted by Gasteiger charge is -2.37. The van der Waals surface area contributed by atoms with Crippen LogP contribution in [-0.4, -0.2) is 59.0 Å². The molecular formula is C34H52N2O6. The van der Waals surface area contributed by atoms with Gasteiger partial charge in [-0.2, -0.15) is 0 Å². The van der Waals surface area contributed by atoms with E-state index in [-0.39, 0.29) is 53.8 Å². The lowest BCUT2D eigenvalue weighted by Crippen LogP contribution is -2.57. The summed E-state index contributed by atoms with van der Waals surface area (Å²) in [5.74, 6) is -1.46. The Kier molecular flexibility index (Phi) is 10.7. The quantitative estimate of drug-likeness (QED) is 0.204. The summed E-state index contributed by atoms with van der Waals surface area (Å²) < 4.78 is 5.79. The Bertz CT molecular complexity index is 1050. The molecule has 4 fully saturated rings. The van der Waals surface area contributed by atoms with Crippen molar-refractivity contribution in [1.82, 2.24) is 10.2 Å². The molecule has 1 N–H and O–H groups in total. The van der Waals surface area contributed by atoms with Crippen LogP contribution in [0.4, 0.5) is 4.79 Å². The van der Waals surface area contributed by atoms with Crippen molar-refractivity contribution >= 4 is 29.4 Å². The van der Waals surface area contributed by atoms with Gasteiger partial charge in [-0.1, -0.05) is 59.5 Å². The fourth-order valence-electron chi connectivity index (χ4n) is 8.12. The molecule has 8 heteroatoms. The second-order valence-electron chi connectivity index (χ2n) is 14.0. The van der Waals surface area contributed by atoms with Gasteiger partial charge in [0.25, 0.3) is 0 Å². The lowest BCUT2D eigenvalue weighted by atomic mass is 9.82. The summed E-state index contributed by atoms with van der Waals surface area (Å²) in [6, 6.07) is -1.38. The van der Waals surface area contributed by atoms with Crippen molar-refractivity contribution in [2.75, 3.05) is 6.54 Å². The Morgan fingerprint density at radius 2 is 1.76 bits per heavy atom. The molecule has 0 aromatic carbocycles. The van der Waals surface area contributed by atoms with E-state index in [0.717, 1.165) is 51.4 Å². The van der Waals surface area contributed by atoms with E-state index < -0.39 is 35.7 Å². The monoisotopic (exact) mass is 584 g/mol. The SMILES string of the molecule is C=CCCC(=O)C(=O)C(CCC)CC(=O)[C@@H]1[C@@H]2[C@H](CN1C(=O)[C@@H](NC(=O)OC1CCCC1C)C1CCCCC1)C2(C)C. The Balaban J connectivity index is 1.52. The fraction of sp³-hybridized carbons (Fsp3) is 0.794. The van der Waals surface area contributed by atoms with Crippen molar-refractivity contribution in [2.24, 2.45) is 35.0 Å². The molecular weight excluding hydrogens is 532 g/mol. The van der Waals surface area contributed by atoms with Crippen LogP contribution in [0.15, 0.2) is 12.7 Å². The van der Waals surface area contributed by atoms with E-state index in [1.165, 1.54) is 0 Å². The highest BCUT2D eigenvalue weighted by molar-refractivity contribution is 6.38. The normalized spacial score (nSPS) is 29.7. The third kappa shape index (κ3) is 6.99. The molecule has 0 bridgehead atoms. The maximum Gasteiger partial charge on any atom is 0.408 e. The van der Waals surface area contributed by atoms with Gasteiger partial charge in [-0.3, -0.25) is 19.2 Å². The van der Waals surface area contributed by atoms with E-state index in [2.05, 4.69) is 32.7 Å². The molecule has 3 aliphatic carbocycles. The highest BCUT2D eigenvalue weighted by atomic mass is 16.6. The maximum atomic E-state index is 14.3. The van der Waals surface area contributed by atoms with Gasteiger partial charge in [0.05, 0.1) is 6.04 Å². The van der Waals surface area contributed by atoms with Crippen LogP contribution < -0.4 is 5.32 Å². The molecule has 1 saturated heterocycles. The van der Waals surface area contributed by atoms with Crippen molar-refractivity contribution < 1.29 is 28.7 Å². The average molecular weight is 585 g/mol. The molecule has 4 aliphatic rings. The molecule has 0 spiro atoms. The molecule has 1 heterocycles. The van der Waals surface area contributed by atoms with Gasteiger partial charge in [-0.05, 0) is 74.0 Å². The number of ether oxygens (including phenoxy) is 1. The van der Waals surface area contributed by atoms with Crippen LogP contribution in [-0.2, 0) is 23.9 Å². The number of nitrogens with one attached hydrogen (secondary N) is 1. The number of ketones is 3. The summed E-state index contributed by atoms with van der Waals surface area (Å²) in [5, 5.41) is 2.96. The van der Waals surface area contributed by atoms with Crippen LogP contribution in [0, 0.1) is 35.0 Å². The van der Waals surface area contributed by atoms with Gasteiger partial charge in [0.1, 0.15) is 12.1 Å². The van der Waals surface area contributed by atoms with Crippen molar-refractivity contribution in [3.63, 3.8) is 0 Å². The summed E-state index contributed by atoms with van der Waals surface area (Å²) in [6.45, 7) is 12.4. The third-order valence-corrected chi connectivity index (χ3v) is 10.8. The Hall–Kier alpha value is -2.51. The van der Waals surface area contributed by atoms with Crippen LogP contribution in [0.5, 0.6) is 0 Å². The topological polar surface area (TPSA) is 110 Å². The molecule has 3 saturated carbocycles. The first-order chi connectivity index (χ1) is 20.0. The summed E-state index contributed by atoms with van der Waals surface area (Å²) in [4.78, 5) is 68.7. The predicted molar refractivity (Wildman–Crippen MR) is 161 cm³/mol. The lowest BCUT2D eigenvalue weighted by molar-refractivity contribution is -0.144. The van der Waals surface area contributed by atoms with Gasteiger partial charge in [-0.25, -0.2) is 4.79 Å². The minimum absolute atomic E-state index is 0.00242. The van der Waals surface area contributed by atoms with E-state index in [0.29, 0.717) is 31.7 Å². The van der Waals surface area contributed by atoms with Crippen LogP contribution in [0.1, 0.15) is 111 Å². The molecule has 234 valence electrons. The number of likely N-dealkylation sites (tertiary alicyclic amines) is 1. The first-order valence-electron chi connectivity index (χ1n) is 16.5. The molecule has 0 aromatic rings. The molecule has 4 rings (SSSR count). The zero-order chi connectivity index (χ0) is 30.6. The second-order valence-corrected chi connectivity index (χ2v) is 14.0. The number of hydrogen-bond donors (Lipinski definition) is 1. The van der Waals surface area contributed by atoms with Crippen LogP contribution >= 0.6 is 0 Å². The van der Waals surface area contributed by atoms with Crippen LogP contribution in [0.2, 0.25) is 0 Å². The van der Waals surface area contributed by atoms with Crippen molar-refractivity contribution in [3.05, 3.63) is 12.7 Å². The van der Waals surface area contributed by atoms with E-state index in [1.807, 2.05) is 6.92 Å². The van der Waals surface area contributed by atoms with Gasteiger partial charge in [0.2, 0.25) is 11.7 Å². The smallest absolute Gasteiger partial charge is 0.408 e. The number of Topliss-reactive ketones (excluding diaryl/α,β-unsaturated/α-hetero) is 3. The Morgan fingerprint density at radius 1 is 1.05 bits per heavy atom. The maximum absolute atomic E-state index is 14.3. The van der Waals surface area contributed by atoms with E-state index >= 15 is 0 Å². The molecule has 0 aromatic heterocycles. The molecule has 0 radical (unpaired) electrons. The van der Waals surface area contributed by atoms with Crippen molar-refractivity contribution in [2.45, 2.75) is 129 Å². The fourth-order valence-corrected chi connectivity index (χ4v) is 8.12. The van der Waals surface area contributed by atoms with Gasteiger partial charge in [0, 0.05) is 25.3 Å². The Labute approximate surface area is 251 Å². The van der Waals surface area contributed by atoms with Crippen molar-refractivity contribution in [3.8, 4) is 0 Å². The number of carbonyl (C=O) groups excluding carboxylic acids is 5. The number of hydrogen-bond acceptors (Lipinski definition) is 6. The second kappa shape index (κ2) is 13.9. The highest BCUT2D eigenvalue weighted by Crippen LogP contribution is 2.65. The summed E-state index contributed by atoms with van der Waals surface area (Å²) >= 11 is 0. The van der Waals surface area contributed by atoms with Crippen molar-refractivity contribution in [1.29, 1.82) is 0 Å². The molecule has 3 unspecified atom stereocenters. The zero-order valence-electron chi connectivity index (χ0n) is 26.2. The third-order valence-electron chi connectivity index (χ3n) is 10.8. The molecule has 2 amide bonds. The molecule has 1 aliphatic heterocycles. The number of carbonyl (C=O) groups is 5. The predicted octanol–water partition coefficient (Wildman–Crippen LogP) is 5.81. The van der Waals surface area contributed by atoms with Crippen LogP contribution in [0.3, 0.4) is 0 Å². The summed E-state index contributed by atoms with van der Waals surface area (Å²) in [5.41, 5.74) is -0.0769. The number of piperidine rings is 1.